The number of anilines is 3. The molecule has 0 bridgehead atoms. The molecule has 0 atom stereocenters. The topological polar surface area (TPSA) is 80.7 Å². The maximum absolute atomic E-state index is 12.8. The van der Waals surface area contributed by atoms with Crippen LogP contribution in [0.15, 0.2) is 60.8 Å². The lowest BCUT2D eigenvalue weighted by Gasteiger charge is -2.23. The summed E-state index contributed by atoms with van der Waals surface area (Å²) in [5.74, 6) is 1.14. The summed E-state index contributed by atoms with van der Waals surface area (Å²) in [5.41, 5.74) is 4.34. The summed E-state index contributed by atoms with van der Waals surface area (Å²) in [7, 11) is 0. The summed E-state index contributed by atoms with van der Waals surface area (Å²) >= 11 is 0. The summed E-state index contributed by atoms with van der Waals surface area (Å²) in [6, 6.07) is 17.1. The van der Waals surface area contributed by atoms with Gasteiger partial charge in [-0.2, -0.15) is 0 Å². The summed E-state index contributed by atoms with van der Waals surface area (Å²) in [5, 5.41) is 16.8. The van der Waals surface area contributed by atoms with Crippen molar-refractivity contribution < 1.29 is 9.90 Å². The molecule has 3 N–H and O–H groups in total. The number of hydrogen-bond acceptors (Lipinski definition) is 6. The zero-order chi connectivity index (χ0) is 28.0. The summed E-state index contributed by atoms with van der Waals surface area (Å²) in [6.07, 6.45) is 6.13. The first-order valence-electron chi connectivity index (χ1n) is 14.4. The molecule has 7 nitrogen and oxygen atoms in total. The molecule has 0 saturated heterocycles. The van der Waals surface area contributed by atoms with Gasteiger partial charge in [0, 0.05) is 60.9 Å². The van der Waals surface area contributed by atoms with Gasteiger partial charge >= 0.3 is 0 Å². The second-order valence-electron chi connectivity index (χ2n) is 10.0. The first-order chi connectivity index (χ1) is 19.0. The molecule has 2 aromatic carbocycles. The predicted octanol–water partition coefficient (Wildman–Crippen LogP) is 6.71. The number of nitrogens with one attached hydrogen (secondary N) is 2. The first-order valence-corrected chi connectivity index (χ1v) is 14.4. The second-order valence-corrected chi connectivity index (χ2v) is 10.0. The van der Waals surface area contributed by atoms with Gasteiger partial charge in [0.2, 0.25) is 0 Å². The minimum absolute atomic E-state index is 0.129. The van der Waals surface area contributed by atoms with Crippen LogP contribution >= 0.6 is 0 Å². The minimum Gasteiger partial charge on any atom is -0.508 e. The van der Waals surface area contributed by atoms with Crippen molar-refractivity contribution in [3.8, 4) is 5.75 Å². The first kappa shape index (κ1) is 30.0. The third kappa shape index (κ3) is 9.29. The van der Waals surface area contributed by atoms with E-state index < -0.39 is 0 Å². The molecule has 0 aliphatic heterocycles. The molecule has 3 aromatic rings. The molecule has 1 heterocycles. The van der Waals surface area contributed by atoms with Gasteiger partial charge in [-0.05, 0) is 86.8 Å². The third-order valence-corrected chi connectivity index (χ3v) is 6.56. The molecule has 210 valence electrons. The Morgan fingerprint density at radius 2 is 1.49 bits per heavy atom. The van der Waals surface area contributed by atoms with E-state index in [1.165, 1.54) is 0 Å². The Labute approximate surface area is 234 Å². The van der Waals surface area contributed by atoms with E-state index >= 15 is 0 Å². The molecule has 0 fully saturated rings. The molecular formula is C32H45N5O2. The van der Waals surface area contributed by atoms with Crippen molar-refractivity contribution in [2.24, 2.45) is 0 Å². The molecule has 0 unspecified atom stereocenters. The van der Waals surface area contributed by atoms with Crippen molar-refractivity contribution in [2.45, 2.75) is 66.5 Å². The van der Waals surface area contributed by atoms with Gasteiger partial charge in [0.25, 0.3) is 5.91 Å². The molecule has 3 rings (SSSR count). The van der Waals surface area contributed by atoms with Gasteiger partial charge in [0.1, 0.15) is 11.6 Å². The van der Waals surface area contributed by atoms with E-state index in [1.54, 1.807) is 6.07 Å². The molecule has 39 heavy (non-hydrogen) atoms. The molecular weight excluding hydrogens is 486 g/mol. The quantitative estimate of drug-likeness (QED) is 0.191. The monoisotopic (exact) mass is 531 g/mol. The van der Waals surface area contributed by atoms with E-state index in [4.69, 9.17) is 0 Å². The van der Waals surface area contributed by atoms with Crippen LogP contribution in [0.1, 0.15) is 74.9 Å². The van der Waals surface area contributed by atoms with Crippen molar-refractivity contribution >= 4 is 23.1 Å². The lowest BCUT2D eigenvalue weighted by Crippen LogP contribution is -2.25. The average molecular weight is 532 g/mol. The number of aromatic hydroxyl groups is 1. The highest BCUT2D eigenvalue weighted by Gasteiger charge is 2.11. The van der Waals surface area contributed by atoms with E-state index in [-0.39, 0.29) is 5.91 Å². The number of rotatable bonds is 16. The third-order valence-electron chi connectivity index (χ3n) is 6.56. The zero-order valence-electron chi connectivity index (χ0n) is 24.0. The maximum Gasteiger partial charge on any atom is 0.251 e. The lowest BCUT2D eigenvalue weighted by molar-refractivity contribution is 0.0951. The van der Waals surface area contributed by atoms with Gasteiger partial charge in [0.15, 0.2) is 0 Å². The normalized spacial score (nSPS) is 11.0. The van der Waals surface area contributed by atoms with E-state index in [9.17, 15) is 9.90 Å². The largest absolute Gasteiger partial charge is 0.508 e. The van der Waals surface area contributed by atoms with Gasteiger partial charge in [0.05, 0.1) is 0 Å². The van der Waals surface area contributed by atoms with E-state index in [1.807, 2.05) is 48.7 Å². The standard InChI is InChI=1S/C32H45N5O2/c1-5-17-36(18-6-2)24-27-21-25(9-14-30(27)38)23-34-32(39)26-10-12-28(13-11-26)35-29-15-16-33-31(22-29)37(19-7-3)20-8-4/h9-16,21-22,38H,5-8,17-20,23-24H2,1-4H3,(H,33,35)(H,34,39). The van der Waals surface area contributed by atoms with Crippen LogP contribution in [-0.4, -0.2) is 47.1 Å². The second kappa shape index (κ2) is 15.7. The van der Waals surface area contributed by atoms with Crippen LogP contribution in [-0.2, 0) is 13.1 Å². The molecule has 1 aromatic heterocycles. The van der Waals surface area contributed by atoms with Gasteiger partial charge < -0.3 is 20.6 Å². The smallest absolute Gasteiger partial charge is 0.251 e. The number of hydrogen-bond donors (Lipinski definition) is 3. The van der Waals surface area contributed by atoms with Crippen LogP contribution in [0.3, 0.4) is 0 Å². The highest BCUT2D eigenvalue weighted by molar-refractivity contribution is 5.94. The van der Waals surface area contributed by atoms with Crippen LogP contribution in [0.4, 0.5) is 17.2 Å². The fourth-order valence-electron chi connectivity index (χ4n) is 4.72. The number of carbonyl (C=O) groups excluding carboxylic acids is 1. The number of benzene rings is 2. The van der Waals surface area contributed by atoms with Crippen molar-refractivity contribution in [3.05, 3.63) is 77.5 Å². The van der Waals surface area contributed by atoms with E-state index in [0.717, 1.165) is 80.2 Å². The lowest BCUT2D eigenvalue weighted by atomic mass is 10.1. The van der Waals surface area contributed by atoms with Gasteiger partial charge in [-0.1, -0.05) is 33.8 Å². The highest BCUT2D eigenvalue weighted by atomic mass is 16.3. The van der Waals surface area contributed by atoms with Crippen molar-refractivity contribution in [1.29, 1.82) is 0 Å². The summed E-state index contributed by atoms with van der Waals surface area (Å²) in [6.45, 7) is 13.8. The van der Waals surface area contributed by atoms with Crippen LogP contribution < -0.4 is 15.5 Å². The number of amides is 1. The van der Waals surface area contributed by atoms with Crippen LogP contribution in [0.25, 0.3) is 0 Å². The Kier molecular flexibility index (Phi) is 12.1. The van der Waals surface area contributed by atoms with Gasteiger partial charge in [-0.3, -0.25) is 9.69 Å². The Morgan fingerprint density at radius 1 is 0.821 bits per heavy atom. The molecule has 0 saturated carbocycles. The number of phenolic OH excluding ortho intramolecular Hbond substituents is 1. The SMILES string of the molecule is CCCN(CCC)Cc1cc(CNC(=O)c2ccc(Nc3ccnc(N(CCC)CCC)c3)cc2)ccc1O. The van der Waals surface area contributed by atoms with E-state index in [2.05, 4.69) is 59.2 Å². The molecule has 0 aliphatic rings. The van der Waals surface area contributed by atoms with Gasteiger partial charge in [-0.15, -0.1) is 0 Å². The maximum atomic E-state index is 12.8. The number of nitrogens with zero attached hydrogens (tertiary/aromatic N) is 3. The number of aromatic nitrogens is 1. The van der Waals surface area contributed by atoms with Gasteiger partial charge in [-0.25, -0.2) is 4.98 Å². The van der Waals surface area contributed by atoms with Crippen molar-refractivity contribution in [2.75, 3.05) is 36.4 Å². The molecule has 0 spiro atoms. The summed E-state index contributed by atoms with van der Waals surface area (Å²) in [4.78, 5) is 22.0. The van der Waals surface area contributed by atoms with Crippen LogP contribution in [0.5, 0.6) is 5.75 Å². The Balaban J connectivity index is 1.59. The number of phenols is 1. The fraction of sp³-hybridized carbons (Fsp3) is 0.438. The van der Waals surface area contributed by atoms with Crippen LogP contribution in [0, 0.1) is 0 Å². The predicted molar refractivity (Wildman–Crippen MR) is 162 cm³/mol. The Morgan fingerprint density at radius 3 is 2.13 bits per heavy atom. The fourth-order valence-corrected chi connectivity index (χ4v) is 4.72. The van der Waals surface area contributed by atoms with Crippen molar-refractivity contribution in [1.82, 2.24) is 15.2 Å². The highest BCUT2D eigenvalue weighted by Crippen LogP contribution is 2.23. The molecule has 0 aliphatic carbocycles. The molecule has 7 heteroatoms. The van der Waals surface area contributed by atoms with E-state index in [0.29, 0.717) is 24.4 Å². The van der Waals surface area contributed by atoms with Crippen molar-refractivity contribution in [3.63, 3.8) is 0 Å². The molecule has 0 radical (unpaired) electrons. The molecule has 1 amide bonds. The Bertz CT molecular complexity index is 1150. The number of carbonyl (C=O) groups is 1. The zero-order valence-corrected chi connectivity index (χ0v) is 24.0. The number of pyridine rings is 1. The average Bonchev–Trinajstić information content (AvgIpc) is 2.94. The Hall–Kier alpha value is -3.58. The minimum atomic E-state index is -0.129. The van der Waals surface area contributed by atoms with Crippen LogP contribution in [0.2, 0.25) is 0 Å². The summed E-state index contributed by atoms with van der Waals surface area (Å²) < 4.78 is 0.